The van der Waals surface area contributed by atoms with E-state index in [4.69, 9.17) is 0 Å². The highest BCUT2D eigenvalue weighted by molar-refractivity contribution is 5.15. The molecule has 1 aromatic carbocycles. The number of nitriles is 1. The molecule has 2 rings (SSSR count). The molecule has 0 aromatic heterocycles. The maximum atomic E-state index is 9.44. The first-order valence-corrected chi connectivity index (χ1v) is 7.09. The van der Waals surface area contributed by atoms with Gasteiger partial charge in [0.25, 0.3) is 0 Å². The molecule has 0 aliphatic carbocycles. The van der Waals surface area contributed by atoms with Gasteiger partial charge >= 0.3 is 0 Å². The number of hydrogen-bond acceptors (Lipinski definition) is 3. The average molecular weight is 275 g/mol. The third-order valence-corrected chi connectivity index (χ3v) is 3.74. The summed E-state index contributed by atoms with van der Waals surface area (Å²) in [6, 6.07) is 13.4. The van der Waals surface area contributed by atoms with Crippen molar-refractivity contribution >= 4 is 0 Å². The van der Waals surface area contributed by atoms with Crippen LogP contribution in [0.1, 0.15) is 32.3 Å². The van der Waals surface area contributed by atoms with Crippen LogP contribution in [0.25, 0.3) is 0 Å². The molecule has 1 aliphatic heterocycles. The molecule has 4 heteroatoms. The number of piperidine rings is 1. The van der Waals surface area contributed by atoms with Crippen molar-refractivity contribution in [3.05, 3.63) is 35.9 Å². The largest absolute Gasteiger partial charge is 0.412 e. The number of nitrogens with one attached hydrogen (secondary N) is 1. The first kappa shape index (κ1) is 16.6. The lowest BCUT2D eigenvalue weighted by Crippen LogP contribution is -2.54. The Hall–Kier alpha value is -1.41. The Kier molecular flexibility index (Phi) is 6.15. The van der Waals surface area contributed by atoms with Gasteiger partial charge in [-0.3, -0.25) is 10.2 Å². The molecule has 1 heterocycles. The van der Waals surface area contributed by atoms with Crippen LogP contribution in [0.5, 0.6) is 0 Å². The predicted octanol–water partition coefficient (Wildman–Crippen LogP) is 1.72. The lowest BCUT2D eigenvalue weighted by atomic mass is 9.88. The van der Waals surface area contributed by atoms with E-state index in [2.05, 4.69) is 54.4 Å². The van der Waals surface area contributed by atoms with E-state index in [1.807, 2.05) is 6.07 Å². The van der Waals surface area contributed by atoms with Crippen LogP contribution in [0.3, 0.4) is 0 Å². The average Bonchev–Trinajstić information content (AvgIpc) is 2.42. The van der Waals surface area contributed by atoms with Crippen LogP contribution >= 0.6 is 0 Å². The third-order valence-electron chi connectivity index (χ3n) is 3.74. The van der Waals surface area contributed by atoms with Gasteiger partial charge in [-0.2, -0.15) is 5.26 Å². The zero-order valence-electron chi connectivity index (χ0n) is 12.4. The Labute approximate surface area is 121 Å². The van der Waals surface area contributed by atoms with Gasteiger partial charge in [-0.15, -0.1) is 0 Å². The number of likely N-dealkylation sites (tertiary alicyclic amines) is 1. The molecular formula is C16H25N3O. The third kappa shape index (κ3) is 4.31. The zero-order valence-corrected chi connectivity index (χ0v) is 12.4. The van der Waals surface area contributed by atoms with Crippen molar-refractivity contribution in [1.29, 1.82) is 5.26 Å². The summed E-state index contributed by atoms with van der Waals surface area (Å²) in [5.41, 5.74) is 1.03. The number of hydrogen-bond donors (Lipinski definition) is 1. The molecule has 0 amide bonds. The highest BCUT2D eigenvalue weighted by atomic mass is 16.0. The Morgan fingerprint density at radius 1 is 1.25 bits per heavy atom. The monoisotopic (exact) mass is 275 g/mol. The van der Waals surface area contributed by atoms with E-state index in [9.17, 15) is 5.26 Å². The highest BCUT2D eigenvalue weighted by Crippen LogP contribution is 2.23. The standard InChI is InChI=1S/C16H23N3.H2O/c1-14(2)18-16(13-17)8-10-19(11-9-16)12-15-6-4-3-5-7-15;/h3-7,14,18H,8-12H2,1-2H3;1H2. The molecule has 1 fully saturated rings. The van der Waals surface area contributed by atoms with Crippen LogP contribution in [-0.4, -0.2) is 35.0 Å². The Morgan fingerprint density at radius 2 is 1.85 bits per heavy atom. The van der Waals surface area contributed by atoms with Crippen LogP contribution in [0.4, 0.5) is 0 Å². The van der Waals surface area contributed by atoms with E-state index in [-0.39, 0.29) is 11.0 Å². The van der Waals surface area contributed by atoms with Gasteiger partial charge in [-0.05, 0) is 32.3 Å². The summed E-state index contributed by atoms with van der Waals surface area (Å²) in [7, 11) is 0. The van der Waals surface area contributed by atoms with Crippen molar-refractivity contribution < 1.29 is 5.48 Å². The molecule has 3 N–H and O–H groups in total. The fraction of sp³-hybridized carbons (Fsp3) is 0.562. The smallest absolute Gasteiger partial charge is 0.109 e. The second kappa shape index (κ2) is 7.39. The molecule has 0 radical (unpaired) electrons. The minimum absolute atomic E-state index is 0. The van der Waals surface area contributed by atoms with Crippen molar-refractivity contribution in [2.45, 2.75) is 44.8 Å². The molecule has 1 aromatic rings. The van der Waals surface area contributed by atoms with E-state index in [0.29, 0.717) is 6.04 Å². The van der Waals surface area contributed by atoms with Gasteiger partial charge < -0.3 is 5.48 Å². The topological polar surface area (TPSA) is 70.6 Å². The van der Waals surface area contributed by atoms with Crippen LogP contribution in [-0.2, 0) is 6.54 Å². The van der Waals surface area contributed by atoms with Crippen LogP contribution in [0.15, 0.2) is 30.3 Å². The van der Waals surface area contributed by atoms with Gasteiger partial charge in [-0.25, -0.2) is 0 Å². The first-order chi connectivity index (χ1) is 9.13. The molecule has 1 saturated heterocycles. The van der Waals surface area contributed by atoms with E-state index in [0.717, 1.165) is 32.5 Å². The Morgan fingerprint density at radius 3 is 2.35 bits per heavy atom. The summed E-state index contributed by atoms with van der Waals surface area (Å²) in [5, 5.41) is 12.9. The van der Waals surface area contributed by atoms with Crippen molar-refractivity contribution in [3.8, 4) is 6.07 Å². The molecule has 0 saturated carbocycles. The van der Waals surface area contributed by atoms with E-state index >= 15 is 0 Å². The zero-order chi connectivity index (χ0) is 13.7. The van der Waals surface area contributed by atoms with Crippen molar-refractivity contribution in [2.75, 3.05) is 13.1 Å². The molecular weight excluding hydrogens is 250 g/mol. The molecule has 0 bridgehead atoms. The fourth-order valence-corrected chi connectivity index (χ4v) is 2.78. The van der Waals surface area contributed by atoms with Crippen molar-refractivity contribution in [2.24, 2.45) is 0 Å². The van der Waals surface area contributed by atoms with Gasteiger partial charge in [0.15, 0.2) is 0 Å². The van der Waals surface area contributed by atoms with Gasteiger partial charge in [0.2, 0.25) is 0 Å². The Balaban J connectivity index is 0.00000200. The summed E-state index contributed by atoms with van der Waals surface area (Å²) < 4.78 is 0. The lowest BCUT2D eigenvalue weighted by molar-refractivity contribution is 0.155. The van der Waals surface area contributed by atoms with Crippen LogP contribution in [0, 0.1) is 11.3 Å². The molecule has 110 valence electrons. The molecule has 0 unspecified atom stereocenters. The van der Waals surface area contributed by atoms with E-state index < -0.39 is 0 Å². The quantitative estimate of drug-likeness (QED) is 0.909. The molecule has 4 nitrogen and oxygen atoms in total. The van der Waals surface area contributed by atoms with Gasteiger partial charge in [-0.1, -0.05) is 30.3 Å². The lowest BCUT2D eigenvalue weighted by Gasteiger charge is -2.39. The normalized spacial score (nSPS) is 18.3. The molecule has 1 aliphatic rings. The minimum atomic E-state index is -0.318. The molecule has 20 heavy (non-hydrogen) atoms. The van der Waals surface area contributed by atoms with Crippen molar-refractivity contribution in [3.63, 3.8) is 0 Å². The predicted molar refractivity (Wildman–Crippen MR) is 81.2 cm³/mol. The Bertz CT molecular complexity index is 431. The first-order valence-electron chi connectivity index (χ1n) is 7.09. The number of rotatable bonds is 4. The minimum Gasteiger partial charge on any atom is -0.412 e. The summed E-state index contributed by atoms with van der Waals surface area (Å²) in [6.07, 6.45) is 1.82. The number of nitrogens with zero attached hydrogens (tertiary/aromatic N) is 2. The summed E-state index contributed by atoms with van der Waals surface area (Å²) in [5.74, 6) is 0. The van der Waals surface area contributed by atoms with Crippen LogP contribution < -0.4 is 5.32 Å². The van der Waals surface area contributed by atoms with E-state index in [1.165, 1.54) is 5.56 Å². The fourth-order valence-electron chi connectivity index (χ4n) is 2.78. The molecule has 0 spiro atoms. The SMILES string of the molecule is CC(C)NC1(C#N)CCN(Cc2ccccc2)CC1.O. The van der Waals surface area contributed by atoms with Gasteiger partial charge in [0.05, 0.1) is 6.07 Å². The maximum Gasteiger partial charge on any atom is 0.109 e. The van der Waals surface area contributed by atoms with Crippen LogP contribution in [0.2, 0.25) is 0 Å². The second-order valence-corrected chi connectivity index (χ2v) is 5.75. The second-order valence-electron chi connectivity index (χ2n) is 5.75. The summed E-state index contributed by atoms with van der Waals surface area (Å²) >= 11 is 0. The van der Waals surface area contributed by atoms with Gasteiger partial charge in [0.1, 0.15) is 5.54 Å². The van der Waals surface area contributed by atoms with E-state index in [1.54, 1.807) is 0 Å². The van der Waals surface area contributed by atoms with Gasteiger partial charge in [0, 0.05) is 25.7 Å². The maximum absolute atomic E-state index is 9.44. The van der Waals surface area contributed by atoms with Crippen molar-refractivity contribution in [1.82, 2.24) is 10.2 Å². The summed E-state index contributed by atoms with van der Waals surface area (Å²) in [4.78, 5) is 2.44. The summed E-state index contributed by atoms with van der Waals surface area (Å²) in [6.45, 7) is 7.18. The highest BCUT2D eigenvalue weighted by Gasteiger charge is 2.34. The molecule has 0 atom stereocenters. The number of benzene rings is 1.